The molecule has 2 aliphatic heterocycles. The van der Waals surface area contributed by atoms with Gasteiger partial charge >= 0.3 is 6.03 Å². The molecular formula is C22H25N5O2S. The van der Waals surface area contributed by atoms with Crippen LogP contribution in [0.2, 0.25) is 0 Å². The lowest BCUT2D eigenvalue weighted by Crippen LogP contribution is -2.55. The molecule has 1 aromatic heterocycles. The fourth-order valence-corrected chi connectivity index (χ4v) is 4.65. The van der Waals surface area contributed by atoms with Gasteiger partial charge in [0.05, 0.1) is 16.5 Å². The highest BCUT2D eigenvalue weighted by Gasteiger charge is 2.27. The first-order valence-electron chi connectivity index (χ1n) is 10.3. The predicted octanol–water partition coefficient (Wildman–Crippen LogP) is 2.76. The Bertz CT molecular complexity index is 906. The van der Waals surface area contributed by atoms with Crippen molar-refractivity contribution in [3.05, 3.63) is 52.2 Å². The molecule has 7 nitrogen and oxygen atoms in total. The van der Waals surface area contributed by atoms with Crippen molar-refractivity contribution in [2.45, 2.75) is 18.9 Å². The molecule has 0 unspecified atom stereocenters. The zero-order valence-corrected chi connectivity index (χ0v) is 17.6. The first-order valence-corrected chi connectivity index (χ1v) is 11.2. The number of urea groups is 1. The van der Waals surface area contributed by atoms with E-state index in [9.17, 15) is 9.59 Å². The summed E-state index contributed by atoms with van der Waals surface area (Å²) in [5.74, 6) is 0.0558. The van der Waals surface area contributed by atoms with Crippen molar-refractivity contribution < 1.29 is 9.59 Å². The van der Waals surface area contributed by atoms with Gasteiger partial charge < -0.3 is 20.0 Å². The molecular weight excluding hydrogens is 398 g/mol. The van der Waals surface area contributed by atoms with E-state index >= 15 is 0 Å². The highest BCUT2D eigenvalue weighted by Crippen LogP contribution is 2.21. The van der Waals surface area contributed by atoms with E-state index in [0.29, 0.717) is 31.7 Å². The standard InChI is InChI=1S/C22H25N5O2S/c23-16-17-3-5-19(6-4-17)25-9-7-18(8-10-25)24-22(29)27-13-11-26(12-14-27)21(28)20-2-1-15-30-20/h1-6,15,18H,7-14H2,(H,24,29). The van der Waals surface area contributed by atoms with E-state index in [1.165, 1.54) is 11.3 Å². The average Bonchev–Trinajstić information content (AvgIpc) is 3.34. The zero-order valence-electron chi connectivity index (χ0n) is 16.8. The SMILES string of the molecule is N#Cc1ccc(N2CCC(NC(=O)N3CCN(C(=O)c4cccs4)CC3)CC2)cc1. The quantitative estimate of drug-likeness (QED) is 0.823. The maximum Gasteiger partial charge on any atom is 0.317 e. The van der Waals surface area contributed by atoms with Gasteiger partial charge in [0.15, 0.2) is 0 Å². The molecule has 2 aromatic rings. The van der Waals surface area contributed by atoms with Crippen LogP contribution in [0.3, 0.4) is 0 Å². The lowest BCUT2D eigenvalue weighted by molar-refractivity contribution is 0.0667. The van der Waals surface area contributed by atoms with Crippen molar-refractivity contribution in [2.75, 3.05) is 44.2 Å². The predicted molar refractivity (Wildman–Crippen MR) is 117 cm³/mol. The van der Waals surface area contributed by atoms with Crippen molar-refractivity contribution >= 4 is 29.0 Å². The Hall–Kier alpha value is -3.05. The number of nitriles is 1. The largest absolute Gasteiger partial charge is 0.371 e. The van der Waals surface area contributed by atoms with Crippen LogP contribution in [0.5, 0.6) is 0 Å². The molecule has 4 rings (SSSR count). The van der Waals surface area contributed by atoms with Gasteiger partial charge in [-0.3, -0.25) is 4.79 Å². The number of thiophene rings is 1. The van der Waals surface area contributed by atoms with E-state index < -0.39 is 0 Å². The van der Waals surface area contributed by atoms with Gasteiger partial charge in [0.1, 0.15) is 0 Å². The van der Waals surface area contributed by atoms with E-state index in [0.717, 1.165) is 36.5 Å². The monoisotopic (exact) mass is 423 g/mol. The number of rotatable bonds is 3. The molecule has 0 spiro atoms. The molecule has 0 radical (unpaired) electrons. The van der Waals surface area contributed by atoms with Crippen molar-refractivity contribution in [3.63, 3.8) is 0 Å². The summed E-state index contributed by atoms with van der Waals surface area (Å²) in [6.45, 7) is 4.02. The summed E-state index contributed by atoms with van der Waals surface area (Å²) >= 11 is 1.45. The first kappa shape index (κ1) is 20.2. The van der Waals surface area contributed by atoms with Crippen LogP contribution in [0.4, 0.5) is 10.5 Å². The number of nitrogens with one attached hydrogen (secondary N) is 1. The highest BCUT2D eigenvalue weighted by molar-refractivity contribution is 7.12. The number of carbonyl (C=O) groups excluding carboxylic acids is 2. The maximum atomic E-state index is 12.7. The van der Waals surface area contributed by atoms with E-state index in [4.69, 9.17) is 5.26 Å². The van der Waals surface area contributed by atoms with Gasteiger partial charge in [-0.2, -0.15) is 5.26 Å². The van der Waals surface area contributed by atoms with E-state index in [-0.39, 0.29) is 18.0 Å². The minimum Gasteiger partial charge on any atom is -0.371 e. The Balaban J connectivity index is 1.21. The topological polar surface area (TPSA) is 79.7 Å². The molecule has 3 heterocycles. The summed E-state index contributed by atoms with van der Waals surface area (Å²) in [7, 11) is 0. The second kappa shape index (κ2) is 9.18. The van der Waals surface area contributed by atoms with Crippen LogP contribution < -0.4 is 10.2 Å². The molecule has 2 saturated heterocycles. The minimum absolute atomic E-state index is 0.0324. The Morgan fingerprint density at radius 3 is 2.23 bits per heavy atom. The van der Waals surface area contributed by atoms with Crippen molar-refractivity contribution in [1.82, 2.24) is 15.1 Å². The lowest BCUT2D eigenvalue weighted by Gasteiger charge is -2.37. The lowest BCUT2D eigenvalue weighted by atomic mass is 10.0. The molecule has 0 bridgehead atoms. The number of piperazine rings is 1. The van der Waals surface area contributed by atoms with Crippen molar-refractivity contribution in [1.29, 1.82) is 5.26 Å². The van der Waals surface area contributed by atoms with E-state index in [1.807, 2.05) is 51.6 Å². The van der Waals surface area contributed by atoms with Crippen molar-refractivity contribution in [2.24, 2.45) is 0 Å². The zero-order chi connectivity index (χ0) is 20.9. The number of benzene rings is 1. The Morgan fingerprint density at radius 2 is 1.63 bits per heavy atom. The minimum atomic E-state index is -0.0324. The van der Waals surface area contributed by atoms with Gasteiger partial charge in [-0.05, 0) is 48.6 Å². The third-order valence-corrected chi connectivity index (χ3v) is 6.63. The first-order chi connectivity index (χ1) is 14.6. The Morgan fingerprint density at radius 1 is 0.967 bits per heavy atom. The summed E-state index contributed by atoms with van der Waals surface area (Å²) in [6.07, 6.45) is 1.78. The van der Waals surface area contributed by atoms with E-state index in [1.54, 1.807) is 0 Å². The molecule has 2 fully saturated rings. The third kappa shape index (κ3) is 4.57. The summed E-state index contributed by atoms with van der Waals surface area (Å²) in [5.41, 5.74) is 1.78. The molecule has 0 aliphatic carbocycles. The van der Waals surface area contributed by atoms with Crippen LogP contribution in [0.25, 0.3) is 0 Å². The maximum absolute atomic E-state index is 12.7. The number of hydrogen-bond donors (Lipinski definition) is 1. The molecule has 1 N–H and O–H groups in total. The fraction of sp³-hybridized carbons (Fsp3) is 0.409. The highest BCUT2D eigenvalue weighted by atomic mass is 32.1. The smallest absolute Gasteiger partial charge is 0.317 e. The molecule has 3 amide bonds. The Kier molecular flexibility index (Phi) is 6.19. The average molecular weight is 424 g/mol. The van der Waals surface area contributed by atoms with Crippen LogP contribution in [0, 0.1) is 11.3 Å². The van der Waals surface area contributed by atoms with Gasteiger partial charge in [-0.25, -0.2) is 4.79 Å². The summed E-state index contributed by atoms with van der Waals surface area (Å²) in [6, 6.07) is 13.6. The number of hydrogen-bond acceptors (Lipinski definition) is 5. The van der Waals surface area contributed by atoms with Crippen LogP contribution in [-0.4, -0.2) is 67.0 Å². The van der Waals surface area contributed by atoms with Crippen molar-refractivity contribution in [3.8, 4) is 6.07 Å². The number of carbonyl (C=O) groups is 2. The second-order valence-corrected chi connectivity index (χ2v) is 8.57. The number of piperidine rings is 1. The van der Waals surface area contributed by atoms with Gasteiger partial charge in [0.2, 0.25) is 0 Å². The number of amides is 3. The van der Waals surface area contributed by atoms with Crippen LogP contribution in [0.15, 0.2) is 41.8 Å². The summed E-state index contributed by atoms with van der Waals surface area (Å²) < 4.78 is 0. The summed E-state index contributed by atoms with van der Waals surface area (Å²) in [4.78, 5) is 31.8. The molecule has 8 heteroatoms. The van der Waals surface area contributed by atoms with Gasteiger partial charge in [0.25, 0.3) is 5.91 Å². The molecule has 30 heavy (non-hydrogen) atoms. The second-order valence-electron chi connectivity index (χ2n) is 7.63. The number of nitrogens with zero attached hydrogens (tertiary/aromatic N) is 4. The number of anilines is 1. The molecule has 156 valence electrons. The van der Waals surface area contributed by atoms with Gasteiger partial charge in [-0.15, -0.1) is 11.3 Å². The summed E-state index contributed by atoms with van der Waals surface area (Å²) in [5, 5.41) is 14.0. The molecule has 2 aliphatic rings. The van der Waals surface area contributed by atoms with Crippen LogP contribution in [-0.2, 0) is 0 Å². The molecule has 1 aromatic carbocycles. The Labute approximate surface area is 180 Å². The molecule has 0 atom stereocenters. The fourth-order valence-electron chi connectivity index (χ4n) is 3.96. The van der Waals surface area contributed by atoms with E-state index in [2.05, 4.69) is 16.3 Å². The van der Waals surface area contributed by atoms with Crippen LogP contribution >= 0.6 is 11.3 Å². The van der Waals surface area contributed by atoms with Gasteiger partial charge in [-0.1, -0.05) is 6.07 Å². The van der Waals surface area contributed by atoms with Gasteiger partial charge in [0, 0.05) is 51.0 Å². The normalized spacial score (nSPS) is 17.5. The molecule has 0 saturated carbocycles. The van der Waals surface area contributed by atoms with Crippen LogP contribution in [0.1, 0.15) is 28.1 Å². The third-order valence-electron chi connectivity index (χ3n) is 5.77.